The van der Waals surface area contributed by atoms with Gasteiger partial charge in [0.2, 0.25) is 0 Å². The maximum absolute atomic E-state index is 12.4. The van der Waals surface area contributed by atoms with Crippen molar-refractivity contribution in [2.45, 2.75) is 11.8 Å². The number of anilines is 1. The molecule has 6 nitrogen and oxygen atoms in total. The van der Waals surface area contributed by atoms with Crippen LogP contribution in [0, 0.1) is 0 Å². The highest BCUT2D eigenvalue weighted by Gasteiger charge is 2.16. The lowest BCUT2D eigenvalue weighted by Gasteiger charge is -2.07. The highest BCUT2D eigenvalue weighted by atomic mass is 32.2. The molecule has 2 N–H and O–H groups in total. The summed E-state index contributed by atoms with van der Waals surface area (Å²) in [6.45, 7) is 2.40. The number of ether oxygens (including phenoxy) is 1. The molecule has 1 aromatic heterocycles. The number of nitrogens with one attached hydrogen (secondary N) is 2. The number of rotatable bonds is 6. The third kappa shape index (κ3) is 3.57. The maximum Gasteiger partial charge on any atom is 0.263 e. The van der Waals surface area contributed by atoms with E-state index in [0.29, 0.717) is 12.4 Å². The second-order valence-corrected chi connectivity index (χ2v) is 6.73. The first-order valence-corrected chi connectivity index (χ1v) is 8.93. The summed E-state index contributed by atoms with van der Waals surface area (Å²) in [6, 6.07) is 17.4. The standard InChI is InChI=1S/C17H17N3O3S/c1-2-23-14-8-10-15(11-9-14)24(21,22)20-17-12-16(18-19-17)13-6-4-3-5-7-13/h3-12H,2H2,1H3,(H2,18,19,20). The van der Waals surface area contributed by atoms with Gasteiger partial charge in [-0.05, 0) is 36.8 Å². The number of sulfonamides is 1. The fourth-order valence-corrected chi connectivity index (χ4v) is 3.21. The van der Waals surface area contributed by atoms with E-state index in [1.54, 1.807) is 18.2 Å². The quantitative estimate of drug-likeness (QED) is 0.719. The Balaban J connectivity index is 1.78. The minimum Gasteiger partial charge on any atom is -0.494 e. The van der Waals surface area contributed by atoms with Crippen LogP contribution in [0.4, 0.5) is 5.82 Å². The van der Waals surface area contributed by atoms with Crippen LogP contribution in [0.25, 0.3) is 11.3 Å². The number of hydrogen-bond acceptors (Lipinski definition) is 4. The fraction of sp³-hybridized carbons (Fsp3) is 0.118. The Morgan fingerprint density at radius 2 is 1.79 bits per heavy atom. The van der Waals surface area contributed by atoms with Gasteiger partial charge in [-0.15, -0.1) is 0 Å². The third-order valence-corrected chi connectivity index (χ3v) is 4.72. The Morgan fingerprint density at radius 1 is 1.08 bits per heavy atom. The summed E-state index contributed by atoms with van der Waals surface area (Å²) < 4.78 is 32.6. The smallest absolute Gasteiger partial charge is 0.263 e. The number of aromatic amines is 1. The summed E-state index contributed by atoms with van der Waals surface area (Å²) in [5.74, 6) is 0.866. The Labute approximate surface area is 140 Å². The van der Waals surface area contributed by atoms with Crippen molar-refractivity contribution < 1.29 is 13.2 Å². The zero-order valence-corrected chi connectivity index (χ0v) is 13.9. The molecule has 124 valence electrons. The van der Waals surface area contributed by atoms with Crippen molar-refractivity contribution in [3.8, 4) is 17.0 Å². The summed E-state index contributed by atoms with van der Waals surface area (Å²) in [4.78, 5) is 0.148. The second kappa shape index (κ2) is 6.76. The molecule has 0 bridgehead atoms. The Bertz CT molecular complexity index is 904. The number of benzene rings is 2. The van der Waals surface area contributed by atoms with Crippen LogP contribution < -0.4 is 9.46 Å². The zero-order chi connectivity index (χ0) is 17.0. The van der Waals surface area contributed by atoms with Gasteiger partial charge in [-0.2, -0.15) is 5.10 Å². The Hall–Kier alpha value is -2.80. The summed E-state index contributed by atoms with van der Waals surface area (Å²) in [7, 11) is -3.70. The molecule has 0 radical (unpaired) electrons. The molecule has 0 atom stereocenters. The van der Waals surface area contributed by atoms with E-state index in [9.17, 15) is 8.42 Å². The lowest BCUT2D eigenvalue weighted by atomic mass is 10.2. The molecule has 0 aliphatic heterocycles. The molecule has 0 saturated heterocycles. The van der Waals surface area contributed by atoms with Crippen molar-refractivity contribution in [2.75, 3.05) is 11.3 Å². The van der Waals surface area contributed by atoms with E-state index in [4.69, 9.17) is 4.74 Å². The highest BCUT2D eigenvalue weighted by Crippen LogP contribution is 2.22. The Kier molecular flexibility index (Phi) is 4.52. The minimum atomic E-state index is -3.70. The summed E-state index contributed by atoms with van der Waals surface area (Å²) in [6.07, 6.45) is 0. The summed E-state index contributed by atoms with van der Waals surface area (Å²) in [5.41, 5.74) is 1.66. The monoisotopic (exact) mass is 343 g/mol. The molecule has 0 amide bonds. The molecule has 7 heteroatoms. The van der Waals surface area contributed by atoms with Gasteiger partial charge >= 0.3 is 0 Å². The molecule has 3 aromatic rings. The van der Waals surface area contributed by atoms with Gasteiger partial charge in [-0.1, -0.05) is 30.3 Å². The first kappa shape index (κ1) is 16.1. The van der Waals surface area contributed by atoms with E-state index in [0.717, 1.165) is 11.3 Å². The molecule has 1 heterocycles. The molecule has 0 spiro atoms. The van der Waals surface area contributed by atoms with E-state index < -0.39 is 10.0 Å². The molecule has 2 aromatic carbocycles. The van der Waals surface area contributed by atoms with Crippen molar-refractivity contribution in [3.05, 3.63) is 60.7 Å². The van der Waals surface area contributed by atoms with Crippen LogP contribution in [0.3, 0.4) is 0 Å². The first-order valence-electron chi connectivity index (χ1n) is 7.45. The van der Waals surface area contributed by atoms with Crippen molar-refractivity contribution in [1.29, 1.82) is 0 Å². The fourth-order valence-electron chi connectivity index (χ4n) is 2.22. The molecule has 0 fully saturated rings. The highest BCUT2D eigenvalue weighted by molar-refractivity contribution is 7.92. The largest absolute Gasteiger partial charge is 0.494 e. The lowest BCUT2D eigenvalue weighted by Crippen LogP contribution is -2.13. The van der Waals surface area contributed by atoms with Crippen LogP contribution >= 0.6 is 0 Å². The van der Waals surface area contributed by atoms with E-state index in [2.05, 4.69) is 14.9 Å². The van der Waals surface area contributed by atoms with Crippen molar-refractivity contribution in [1.82, 2.24) is 10.2 Å². The molecule has 0 unspecified atom stereocenters. The second-order valence-electron chi connectivity index (χ2n) is 5.04. The van der Waals surface area contributed by atoms with Crippen LogP contribution in [0.15, 0.2) is 65.6 Å². The van der Waals surface area contributed by atoms with E-state index in [-0.39, 0.29) is 10.7 Å². The number of hydrogen-bond donors (Lipinski definition) is 2. The van der Waals surface area contributed by atoms with Gasteiger partial charge in [0.15, 0.2) is 5.82 Å². The minimum absolute atomic E-state index is 0.148. The maximum atomic E-state index is 12.4. The van der Waals surface area contributed by atoms with E-state index in [1.165, 1.54) is 12.1 Å². The lowest BCUT2D eigenvalue weighted by molar-refractivity contribution is 0.340. The summed E-state index contributed by atoms with van der Waals surface area (Å²) >= 11 is 0. The average Bonchev–Trinajstić information content (AvgIpc) is 3.04. The topological polar surface area (TPSA) is 84.1 Å². The molecule has 0 saturated carbocycles. The molecular formula is C17H17N3O3S. The molecule has 24 heavy (non-hydrogen) atoms. The van der Waals surface area contributed by atoms with Gasteiger partial charge in [0, 0.05) is 6.07 Å². The molecule has 0 aliphatic rings. The van der Waals surface area contributed by atoms with Gasteiger partial charge in [-0.3, -0.25) is 9.82 Å². The molecule has 0 aliphatic carbocycles. The van der Waals surface area contributed by atoms with Crippen LogP contribution in [0.1, 0.15) is 6.92 Å². The predicted molar refractivity (Wildman–Crippen MR) is 92.4 cm³/mol. The Morgan fingerprint density at radius 3 is 2.46 bits per heavy atom. The van der Waals surface area contributed by atoms with Crippen molar-refractivity contribution in [2.24, 2.45) is 0 Å². The average molecular weight is 343 g/mol. The van der Waals surface area contributed by atoms with Gasteiger partial charge in [0.05, 0.1) is 17.2 Å². The predicted octanol–water partition coefficient (Wildman–Crippen LogP) is 3.28. The summed E-state index contributed by atoms with van der Waals surface area (Å²) in [5, 5.41) is 6.84. The third-order valence-electron chi connectivity index (χ3n) is 3.35. The van der Waals surface area contributed by atoms with E-state index in [1.807, 2.05) is 37.3 Å². The number of H-pyrrole nitrogens is 1. The van der Waals surface area contributed by atoms with Crippen LogP contribution in [-0.4, -0.2) is 25.2 Å². The van der Waals surface area contributed by atoms with Crippen LogP contribution in [-0.2, 0) is 10.0 Å². The number of aromatic nitrogens is 2. The van der Waals surface area contributed by atoms with Crippen LogP contribution in [0.2, 0.25) is 0 Å². The SMILES string of the molecule is CCOc1ccc(S(=O)(=O)Nc2cc(-c3ccccc3)[nH]n2)cc1. The zero-order valence-electron chi connectivity index (χ0n) is 13.1. The molecule has 3 rings (SSSR count). The van der Waals surface area contributed by atoms with Gasteiger partial charge in [0.1, 0.15) is 5.75 Å². The first-order chi connectivity index (χ1) is 11.6. The van der Waals surface area contributed by atoms with Gasteiger partial charge in [-0.25, -0.2) is 8.42 Å². The molecular weight excluding hydrogens is 326 g/mol. The normalized spacial score (nSPS) is 11.2. The van der Waals surface area contributed by atoms with Gasteiger partial charge < -0.3 is 4.74 Å². The number of nitrogens with zero attached hydrogens (tertiary/aromatic N) is 1. The van der Waals surface area contributed by atoms with E-state index >= 15 is 0 Å². The van der Waals surface area contributed by atoms with Crippen molar-refractivity contribution >= 4 is 15.8 Å². The van der Waals surface area contributed by atoms with Gasteiger partial charge in [0.25, 0.3) is 10.0 Å². The van der Waals surface area contributed by atoms with Crippen LogP contribution in [0.5, 0.6) is 5.75 Å². The van der Waals surface area contributed by atoms with Crippen molar-refractivity contribution in [3.63, 3.8) is 0 Å².